The van der Waals surface area contributed by atoms with Gasteiger partial charge in [-0.3, -0.25) is 4.99 Å². The van der Waals surface area contributed by atoms with E-state index in [1.54, 1.807) is 0 Å². The van der Waals surface area contributed by atoms with Crippen LogP contribution in [0.1, 0.15) is 12.8 Å². The average Bonchev–Trinajstić information content (AvgIpc) is 1.90. The molecule has 2 heteroatoms. The largest absolute Gasteiger partial charge is 0.265 e. The molecule has 1 aliphatic rings. The van der Waals surface area contributed by atoms with Gasteiger partial charge in [0.2, 0.25) is 0 Å². The molecule has 0 radical (unpaired) electrons. The normalized spacial score (nSPS) is 18.4. The molecule has 0 aromatic heterocycles. The lowest BCUT2D eigenvalue weighted by molar-refractivity contribution is 1.05. The van der Waals surface area contributed by atoms with Gasteiger partial charge in [0.05, 0.1) is 0 Å². The topological polar surface area (TPSA) is 12.4 Å². The third-order valence-electron chi connectivity index (χ3n) is 1.14. The molecule has 0 atom stereocenters. The number of hydrogen-bond donors (Lipinski definition) is 1. The first-order valence-corrected chi connectivity index (χ1v) is 3.38. The summed E-state index contributed by atoms with van der Waals surface area (Å²) in [6, 6.07) is 0. The lowest BCUT2D eigenvalue weighted by Gasteiger charge is -2.01. The number of allylic oxidation sites excluding steroid dienone is 1. The summed E-state index contributed by atoms with van der Waals surface area (Å²) in [4.78, 5) is 4.11. The van der Waals surface area contributed by atoms with Crippen LogP contribution < -0.4 is 0 Å². The molecule has 0 N–H and O–H groups in total. The second kappa shape index (κ2) is 2.92. The van der Waals surface area contributed by atoms with Gasteiger partial charge in [0.1, 0.15) is 0 Å². The van der Waals surface area contributed by atoms with Crippen LogP contribution in [0.4, 0.5) is 0 Å². The number of nitrogens with zero attached hydrogens (tertiary/aromatic N) is 1. The summed E-state index contributed by atoms with van der Waals surface area (Å²) in [7, 11) is 0. The van der Waals surface area contributed by atoms with Gasteiger partial charge in [0.25, 0.3) is 0 Å². The summed E-state index contributed by atoms with van der Waals surface area (Å²) in [5, 5.41) is 0. The van der Waals surface area contributed by atoms with Crippen LogP contribution in [-0.4, -0.2) is 11.5 Å². The van der Waals surface area contributed by atoms with E-state index >= 15 is 0 Å². The Morgan fingerprint density at radius 1 is 1.75 bits per heavy atom. The van der Waals surface area contributed by atoms with Crippen molar-refractivity contribution in [3.8, 4) is 0 Å². The summed E-state index contributed by atoms with van der Waals surface area (Å²) >= 11 is 4.10. The highest BCUT2D eigenvalue weighted by molar-refractivity contribution is 7.81. The number of hydrogen-bond acceptors (Lipinski definition) is 2. The van der Waals surface area contributed by atoms with Gasteiger partial charge in [-0.05, 0) is 12.8 Å². The van der Waals surface area contributed by atoms with E-state index in [1.165, 1.54) is 5.71 Å². The van der Waals surface area contributed by atoms with Crippen LogP contribution in [-0.2, 0) is 0 Å². The molecular weight excluding hydrogens is 118 g/mol. The van der Waals surface area contributed by atoms with Crippen LogP contribution >= 0.6 is 12.6 Å². The summed E-state index contributed by atoms with van der Waals surface area (Å²) in [5.41, 5.74) is 1.20. The van der Waals surface area contributed by atoms with Crippen molar-refractivity contribution in [2.75, 3.05) is 5.75 Å². The third-order valence-corrected chi connectivity index (χ3v) is 1.51. The first-order chi connectivity index (χ1) is 3.93. The van der Waals surface area contributed by atoms with E-state index in [0.29, 0.717) is 0 Å². The zero-order chi connectivity index (χ0) is 5.82. The van der Waals surface area contributed by atoms with E-state index in [0.717, 1.165) is 18.6 Å². The molecule has 0 spiro atoms. The van der Waals surface area contributed by atoms with E-state index in [-0.39, 0.29) is 0 Å². The SMILES string of the molecule is SCC1=NC=CCC1. The maximum absolute atomic E-state index is 4.11. The smallest absolute Gasteiger partial charge is 0.0288 e. The Morgan fingerprint density at radius 2 is 2.62 bits per heavy atom. The summed E-state index contributed by atoms with van der Waals surface area (Å²) < 4.78 is 0. The van der Waals surface area contributed by atoms with Gasteiger partial charge in [-0.25, -0.2) is 0 Å². The van der Waals surface area contributed by atoms with Gasteiger partial charge in [-0.15, -0.1) is 0 Å². The van der Waals surface area contributed by atoms with Crippen LogP contribution in [0, 0.1) is 0 Å². The van der Waals surface area contributed by atoms with E-state index in [4.69, 9.17) is 0 Å². The fourth-order valence-corrected chi connectivity index (χ4v) is 0.907. The highest BCUT2D eigenvalue weighted by Gasteiger charge is 1.95. The Bertz CT molecular complexity index is 126. The third kappa shape index (κ3) is 1.37. The monoisotopic (exact) mass is 127 g/mol. The highest BCUT2D eigenvalue weighted by Crippen LogP contribution is 2.02. The van der Waals surface area contributed by atoms with Gasteiger partial charge in [-0.1, -0.05) is 6.08 Å². The fourth-order valence-electron chi connectivity index (χ4n) is 0.667. The number of thiol groups is 1. The molecule has 8 heavy (non-hydrogen) atoms. The quantitative estimate of drug-likeness (QED) is 0.514. The van der Waals surface area contributed by atoms with Crippen molar-refractivity contribution in [2.24, 2.45) is 4.99 Å². The van der Waals surface area contributed by atoms with E-state index in [2.05, 4.69) is 23.7 Å². The fraction of sp³-hybridized carbons (Fsp3) is 0.500. The Balaban J connectivity index is 2.50. The maximum atomic E-state index is 4.11. The molecule has 1 heterocycles. The lowest BCUT2D eigenvalue weighted by atomic mass is 10.2. The molecule has 44 valence electrons. The van der Waals surface area contributed by atoms with E-state index in [1.807, 2.05) is 6.20 Å². The minimum atomic E-state index is 0.810. The Hall–Kier alpha value is -0.240. The van der Waals surface area contributed by atoms with Crippen molar-refractivity contribution in [1.82, 2.24) is 0 Å². The van der Waals surface area contributed by atoms with Gasteiger partial charge >= 0.3 is 0 Å². The van der Waals surface area contributed by atoms with Crippen LogP contribution in [0.3, 0.4) is 0 Å². The molecule has 0 amide bonds. The van der Waals surface area contributed by atoms with Crippen LogP contribution in [0.2, 0.25) is 0 Å². The molecule has 0 aliphatic carbocycles. The van der Waals surface area contributed by atoms with Crippen molar-refractivity contribution < 1.29 is 0 Å². The lowest BCUT2D eigenvalue weighted by Crippen LogP contribution is -2.00. The second-order valence-corrected chi connectivity index (χ2v) is 2.09. The maximum Gasteiger partial charge on any atom is 0.0288 e. The highest BCUT2D eigenvalue weighted by atomic mass is 32.1. The van der Waals surface area contributed by atoms with Crippen molar-refractivity contribution in [3.05, 3.63) is 12.3 Å². The molecule has 1 nitrogen and oxygen atoms in total. The molecule has 0 saturated heterocycles. The zero-order valence-electron chi connectivity index (χ0n) is 4.67. The minimum Gasteiger partial charge on any atom is -0.265 e. The van der Waals surface area contributed by atoms with Crippen molar-refractivity contribution >= 4 is 18.3 Å². The predicted octanol–water partition coefficient (Wildman–Crippen LogP) is 1.66. The molecule has 0 aromatic rings. The summed E-state index contributed by atoms with van der Waals surface area (Å²) in [5.74, 6) is 0.810. The first kappa shape index (κ1) is 5.89. The Labute approximate surface area is 54.9 Å². The Kier molecular flexibility index (Phi) is 2.15. The molecule has 0 unspecified atom stereocenters. The summed E-state index contributed by atoms with van der Waals surface area (Å²) in [6.45, 7) is 0. The van der Waals surface area contributed by atoms with Gasteiger partial charge in [0.15, 0.2) is 0 Å². The molecule has 1 aliphatic heterocycles. The Morgan fingerprint density at radius 3 is 3.00 bits per heavy atom. The van der Waals surface area contributed by atoms with Gasteiger partial charge in [-0.2, -0.15) is 12.6 Å². The molecular formula is C6H9NS. The average molecular weight is 127 g/mol. The molecule has 0 saturated carbocycles. The summed E-state index contributed by atoms with van der Waals surface area (Å²) in [6.07, 6.45) is 6.17. The standard InChI is InChI=1S/C6H9NS/c8-5-6-3-1-2-4-7-6/h2,4,8H,1,3,5H2. The minimum absolute atomic E-state index is 0.810. The first-order valence-electron chi connectivity index (χ1n) is 2.75. The van der Waals surface area contributed by atoms with Gasteiger partial charge in [0, 0.05) is 17.7 Å². The number of aliphatic imine (C=N–C) groups is 1. The van der Waals surface area contributed by atoms with Crippen LogP contribution in [0.15, 0.2) is 17.3 Å². The molecule has 0 aromatic carbocycles. The second-order valence-electron chi connectivity index (χ2n) is 1.78. The predicted molar refractivity (Wildman–Crippen MR) is 39.7 cm³/mol. The van der Waals surface area contributed by atoms with E-state index in [9.17, 15) is 0 Å². The zero-order valence-corrected chi connectivity index (χ0v) is 5.56. The van der Waals surface area contributed by atoms with Crippen molar-refractivity contribution in [2.45, 2.75) is 12.8 Å². The van der Waals surface area contributed by atoms with Crippen molar-refractivity contribution in [1.29, 1.82) is 0 Å². The van der Waals surface area contributed by atoms with E-state index < -0.39 is 0 Å². The molecule has 0 fully saturated rings. The van der Waals surface area contributed by atoms with Crippen LogP contribution in [0.5, 0.6) is 0 Å². The van der Waals surface area contributed by atoms with Crippen molar-refractivity contribution in [3.63, 3.8) is 0 Å². The van der Waals surface area contributed by atoms with Gasteiger partial charge < -0.3 is 0 Å². The molecule has 0 bridgehead atoms. The van der Waals surface area contributed by atoms with Crippen LogP contribution in [0.25, 0.3) is 0 Å². The number of rotatable bonds is 1. The molecule has 1 rings (SSSR count).